The van der Waals surface area contributed by atoms with E-state index in [4.69, 9.17) is 0 Å². The summed E-state index contributed by atoms with van der Waals surface area (Å²) in [6, 6.07) is 0.708. The first kappa shape index (κ1) is 28.3. The van der Waals surface area contributed by atoms with E-state index in [-0.39, 0.29) is 0 Å². The Morgan fingerprint density at radius 2 is 1.14 bits per heavy atom. The Morgan fingerprint density at radius 3 is 1.68 bits per heavy atom. The Bertz CT molecular complexity index is 307. The lowest BCUT2D eigenvalue weighted by molar-refractivity contribution is -0.929. The number of quaternary nitrogens is 1. The summed E-state index contributed by atoms with van der Waals surface area (Å²) in [4.78, 5) is 0. The Balaban J connectivity index is 4.63. The van der Waals surface area contributed by atoms with E-state index in [1.54, 1.807) is 0 Å². The maximum atomic E-state index is 4.34. The zero-order valence-electron chi connectivity index (χ0n) is 20.1. The van der Waals surface area contributed by atoms with Crippen molar-refractivity contribution in [2.24, 2.45) is 0 Å². The van der Waals surface area contributed by atoms with Crippen molar-refractivity contribution in [3.8, 4) is 0 Å². The molecule has 0 aliphatic heterocycles. The van der Waals surface area contributed by atoms with Crippen LogP contribution in [0.15, 0.2) is 0 Å². The third-order valence-electron chi connectivity index (χ3n) is 6.60. The first-order valence-corrected chi connectivity index (χ1v) is 13.4. The van der Waals surface area contributed by atoms with Crippen molar-refractivity contribution in [3.05, 3.63) is 0 Å². The van der Waals surface area contributed by atoms with Gasteiger partial charge in [0.15, 0.2) is 0 Å². The van der Waals surface area contributed by atoms with Crippen LogP contribution in [0.1, 0.15) is 117 Å². The summed E-state index contributed by atoms with van der Waals surface area (Å²) in [5.41, 5.74) is 0. The topological polar surface area (TPSA) is 12.0 Å². The van der Waals surface area contributed by atoms with Crippen LogP contribution in [0, 0.1) is 0 Å². The van der Waals surface area contributed by atoms with Crippen LogP contribution in [0.25, 0.3) is 0 Å². The van der Waals surface area contributed by atoms with Crippen molar-refractivity contribution in [3.63, 3.8) is 0 Å². The summed E-state index contributed by atoms with van der Waals surface area (Å²) in [5, 5.41) is 3.51. The van der Waals surface area contributed by atoms with E-state index in [1.165, 1.54) is 127 Å². The lowest BCUT2D eigenvalue weighted by Gasteiger charge is -2.40. The second-order valence-electron chi connectivity index (χ2n) is 9.03. The number of unbranched alkanes of at least 4 members (excludes halogenated alkanes) is 9. The summed E-state index contributed by atoms with van der Waals surface area (Å²) < 4.78 is 1.41. The first-order valence-electron chi connectivity index (χ1n) is 12.8. The molecule has 0 saturated carbocycles. The third kappa shape index (κ3) is 15.2. The lowest BCUT2D eigenvalue weighted by atomic mass is 10.0. The van der Waals surface area contributed by atoms with Gasteiger partial charge in [-0.2, -0.15) is 12.6 Å². The van der Waals surface area contributed by atoms with E-state index < -0.39 is 0 Å². The number of hydrogen-bond acceptors (Lipinski definition) is 2. The minimum absolute atomic E-state index is 0.708. The zero-order valence-corrected chi connectivity index (χ0v) is 21.0. The molecule has 0 bridgehead atoms. The SMILES string of the molecule is CCCCCC[N+](CCCC)(CCCCCCCCS)CCCC(CC)NC. The fourth-order valence-electron chi connectivity index (χ4n) is 4.53. The summed E-state index contributed by atoms with van der Waals surface area (Å²) in [7, 11) is 2.13. The fraction of sp³-hybridized carbons (Fsp3) is 1.00. The number of nitrogens with one attached hydrogen (secondary N) is 1. The Morgan fingerprint density at radius 1 is 0.643 bits per heavy atom. The van der Waals surface area contributed by atoms with Crippen molar-refractivity contribution >= 4 is 12.6 Å². The molecular formula is C25H55N2S+. The molecule has 2 nitrogen and oxygen atoms in total. The monoisotopic (exact) mass is 415 g/mol. The largest absolute Gasteiger partial charge is 0.324 e. The summed E-state index contributed by atoms with van der Waals surface area (Å²) >= 11 is 4.34. The molecule has 0 aromatic heterocycles. The van der Waals surface area contributed by atoms with Crippen LogP contribution in [0.3, 0.4) is 0 Å². The van der Waals surface area contributed by atoms with Gasteiger partial charge < -0.3 is 9.80 Å². The molecule has 28 heavy (non-hydrogen) atoms. The predicted molar refractivity (Wildman–Crippen MR) is 133 cm³/mol. The van der Waals surface area contributed by atoms with Crippen LogP contribution in [-0.2, 0) is 0 Å². The highest BCUT2D eigenvalue weighted by Crippen LogP contribution is 2.19. The molecule has 3 heteroatoms. The maximum absolute atomic E-state index is 4.34. The molecule has 0 amide bonds. The highest BCUT2D eigenvalue weighted by Gasteiger charge is 2.26. The molecule has 0 saturated heterocycles. The molecule has 2 unspecified atom stereocenters. The van der Waals surface area contributed by atoms with Crippen molar-refractivity contribution in [2.75, 3.05) is 39.0 Å². The van der Waals surface area contributed by atoms with Gasteiger partial charge in [0.05, 0.1) is 26.2 Å². The molecule has 2 atom stereocenters. The van der Waals surface area contributed by atoms with Gasteiger partial charge in [-0.25, -0.2) is 0 Å². The fourth-order valence-corrected chi connectivity index (χ4v) is 4.75. The minimum atomic E-state index is 0.708. The standard InChI is InChI=1S/C25H54N2S/c1-5-8-10-15-21-27(20-9-6-2,23-18-19-25(7-3)26-4)22-16-13-11-12-14-17-24-28/h25-26H,5-24H2,1-4H3/p+1. The first-order chi connectivity index (χ1) is 13.7. The van der Waals surface area contributed by atoms with Gasteiger partial charge in [-0.1, -0.05) is 59.3 Å². The van der Waals surface area contributed by atoms with Gasteiger partial charge in [-0.05, 0) is 70.6 Å². The number of rotatable bonds is 22. The molecule has 0 aromatic rings. The minimum Gasteiger partial charge on any atom is -0.324 e. The van der Waals surface area contributed by atoms with Crippen molar-refractivity contribution in [2.45, 2.75) is 123 Å². The number of hydrogen-bond donors (Lipinski definition) is 2. The predicted octanol–water partition coefficient (Wildman–Crippen LogP) is 7.23. The molecule has 170 valence electrons. The van der Waals surface area contributed by atoms with Crippen LogP contribution >= 0.6 is 12.6 Å². The van der Waals surface area contributed by atoms with Gasteiger partial charge in [0.1, 0.15) is 0 Å². The van der Waals surface area contributed by atoms with Gasteiger partial charge in [-0.15, -0.1) is 0 Å². The Kier molecular flexibility index (Phi) is 20.7. The summed E-state index contributed by atoms with van der Waals surface area (Å²) in [5.74, 6) is 1.06. The normalized spacial score (nSPS) is 14.9. The van der Waals surface area contributed by atoms with Crippen molar-refractivity contribution in [1.29, 1.82) is 0 Å². The molecular weight excluding hydrogens is 360 g/mol. The van der Waals surface area contributed by atoms with E-state index in [9.17, 15) is 0 Å². The van der Waals surface area contributed by atoms with Gasteiger partial charge in [0, 0.05) is 6.04 Å². The van der Waals surface area contributed by atoms with E-state index in [1.807, 2.05) is 0 Å². The van der Waals surface area contributed by atoms with Crippen LogP contribution in [0.2, 0.25) is 0 Å². The molecule has 1 N–H and O–H groups in total. The van der Waals surface area contributed by atoms with Crippen molar-refractivity contribution < 1.29 is 4.48 Å². The third-order valence-corrected chi connectivity index (χ3v) is 6.91. The number of thiol groups is 1. The van der Waals surface area contributed by atoms with Crippen LogP contribution < -0.4 is 5.32 Å². The van der Waals surface area contributed by atoms with E-state index in [0.717, 1.165) is 5.75 Å². The number of nitrogens with zero attached hydrogens (tertiary/aromatic N) is 1. The smallest absolute Gasteiger partial charge is 0.0787 e. The summed E-state index contributed by atoms with van der Waals surface area (Å²) in [6.45, 7) is 12.7. The van der Waals surface area contributed by atoms with Gasteiger partial charge in [0.25, 0.3) is 0 Å². The average molecular weight is 416 g/mol. The van der Waals surface area contributed by atoms with Gasteiger partial charge in [0.2, 0.25) is 0 Å². The molecule has 0 aliphatic carbocycles. The van der Waals surface area contributed by atoms with E-state index in [2.05, 4.69) is 45.8 Å². The van der Waals surface area contributed by atoms with E-state index >= 15 is 0 Å². The second-order valence-corrected chi connectivity index (χ2v) is 9.48. The molecule has 0 aromatic carbocycles. The average Bonchev–Trinajstić information content (AvgIpc) is 2.72. The van der Waals surface area contributed by atoms with Gasteiger partial charge in [-0.3, -0.25) is 0 Å². The van der Waals surface area contributed by atoms with E-state index in [0.29, 0.717) is 6.04 Å². The molecule has 0 fully saturated rings. The lowest BCUT2D eigenvalue weighted by Crippen LogP contribution is -2.51. The Hall–Kier alpha value is 0.270. The second kappa shape index (κ2) is 20.5. The summed E-state index contributed by atoms with van der Waals surface area (Å²) in [6.07, 6.45) is 20.7. The van der Waals surface area contributed by atoms with Crippen molar-refractivity contribution in [1.82, 2.24) is 5.32 Å². The highest BCUT2D eigenvalue weighted by atomic mass is 32.1. The Labute approximate surface area is 184 Å². The molecule has 0 radical (unpaired) electrons. The highest BCUT2D eigenvalue weighted by molar-refractivity contribution is 7.80. The van der Waals surface area contributed by atoms with Crippen LogP contribution in [0.4, 0.5) is 0 Å². The zero-order chi connectivity index (χ0) is 20.9. The molecule has 0 rings (SSSR count). The molecule has 0 spiro atoms. The van der Waals surface area contributed by atoms with Gasteiger partial charge >= 0.3 is 0 Å². The maximum Gasteiger partial charge on any atom is 0.0787 e. The van der Waals surface area contributed by atoms with Crippen LogP contribution in [0.5, 0.6) is 0 Å². The molecule has 0 aliphatic rings. The molecule has 0 heterocycles. The quantitative estimate of drug-likeness (QED) is 0.108. The van der Waals surface area contributed by atoms with Crippen LogP contribution in [-0.4, -0.2) is 49.5 Å².